The van der Waals surface area contributed by atoms with Crippen molar-refractivity contribution in [3.8, 4) is 0 Å². The van der Waals surface area contributed by atoms with Crippen molar-refractivity contribution in [2.24, 2.45) is 0 Å². The summed E-state index contributed by atoms with van der Waals surface area (Å²) in [5, 5.41) is 0. The molecule has 2 heteroatoms. The van der Waals surface area contributed by atoms with Gasteiger partial charge in [-0.2, -0.15) is 11.1 Å². The molecule has 8 heavy (non-hydrogen) atoms. The van der Waals surface area contributed by atoms with E-state index < -0.39 is 8.11 Å². The molecule has 0 bridgehead atoms. The summed E-state index contributed by atoms with van der Waals surface area (Å²) in [5.41, 5.74) is 0.666. The van der Waals surface area contributed by atoms with Gasteiger partial charge in [-0.05, 0) is 11.6 Å². The van der Waals surface area contributed by atoms with Gasteiger partial charge in [0.2, 0.25) is 0 Å². The quantitative estimate of drug-likeness (QED) is 0.327. The zero-order valence-electron chi connectivity index (χ0n) is 5.45. The van der Waals surface area contributed by atoms with E-state index in [2.05, 4.69) is 20.4 Å². The lowest BCUT2D eigenvalue weighted by Gasteiger charge is -2.05. The van der Waals surface area contributed by atoms with E-state index in [1.165, 1.54) is 0 Å². The highest BCUT2D eigenvalue weighted by Gasteiger charge is 2.09. The smallest absolute Gasteiger partial charge is 0.168 e. The molecule has 0 rings (SSSR count). The van der Waals surface area contributed by atoms with Crippen LogP contribution >= 0.6 is 11.1 Å². The molecule has 0 aliphatic heterocycles. The van der Waals surface area contributed by atoms with Gasteiger partial charge in [-0.25, -0.2) is 0 Å². The van der Waals surface area contributed by atoms with Crippen molar-refractivity contribution in [3.05, 3.63) is 12.7 Å². The molecule has 1 radical (unpaired) electrons. The standard InChI is InChI=1S/C6H12ClSi/c1-4-5-8(7)6(2)3/h4,6H,1,5H2,2-3H3. The fraction of sp³-hybridized carbons (Fsp3) is 0.667. The zero-order valence-corrected chi connectivity index (χ0v) is 7.20. The summed E-state index contributed by atoms with van der Waals surface area (Å²) in [5.74, 6) is 0. The van der Waals surface area contributed by atoms with Gasteiger partial charge in [0.15, 0.2) is 8.11 Å². The van der Waals surface area contributed by atoms with Gasteiger partial charge in [0, 0.05) is 0 Å². The van der Waals surface area contributed by atoms with Gasteiger partial charge in [0.05, 0.1) is 0 Å². The van der Waals surface area contributed by atoms with E-state index in [0.717, 1.165) is 6.04 Å². The molecular weight excluding hydrogens is 136 g/mol. The summed E-state index contributed by atoms with van der Waals surface area (Å²) in [6.45, 7) is 7.94. The van der Waals surface area contributed by atoms with E-state index in [9.17, 15) is 0 Å². The summed E-state index contributed by atoms with van der Waals surface area (Å²) >= 11 is 5.95. The third-order valence-corrected chi connectivity index (χ3v) is 4.67. The number of hydrogen-bond acceptors (Lipinski definition) is 0. The molecule has 0 heterocycles. The first-order valence-electron chi connectivity index (χ1n) is 2.80. The summed E-state index contributed by atoms with van der Waals surface area (Å²) < 4.78 is 0. The molecule has 0 aromatic rings. The van der Waals surface area contributed by atoms with Crippen LogP contribution in [-0.2, 0) is 0 Å². The highest BCUT2D eigenvalue weighted by molar-refractivity contribution is 7.07. The SMILES string of the molecule is C=CC[Si](Cl)C(C)C. The first kappa shape index (κ1) is 8.25. The molecule has 0 amide bonds. The third kappa shape index (κ3) is 3.27. The number of allylic oxidation sites excluding steroid dienone is 1. The topological polar surface area (TPSA) is 0 Å². The Morgan fingerprint density at radius 2 is 2.25 bits per heavy atom. The Morgan fingerprint density at radius 1 is 1.75 bits per heavy atom. The molecule has 0 atom stereocenters. The Kier molecular flexibility index (Phi) is 4.29. The Morgan fingerprint density at radius 3 is 2.38 bits per heavy atom. The van der Waals surface area contributed by atoms with Crippen molar-refractivity contribution in [2.75, 3.05) is 0 Å². The van der Waals surface area contributed by atoms with Crippen molar-refractivity contribution >= 4 is 19.2 Å². The first-order valence-corrected chi connectivity index (χ1v) is 5.60. The van der Waals surface area contributed by atoms with Gasteiger partial charge in [-0.3, -0.25) is 0 Å². The van der Waals surface area contributed by atoms with Gasteiger partial charge in [-0.1, -0.05) is 19.9 Å². The highest BCUT2D eigenvalue weighted by Crippen LogP contribution is 2.14. The summed E-state index contributed by atoms with van der Waals surface area (Å²) in [7, 11) is -0.603. The zero-order chi connectivity index (χ0) is 6.57. The van der Waals surface area contributed by atoms with Gasteiger partial charge >= 0.3 is 0 Å². The average molecular weight is 148 g/mol. The van der Waals surface area contributed by atoms with E-state index in [1.54, 1.807) is 0 Å². The second kappa shape index (κ2) is 4.16. The predicted molar refractivity (Wildman–Crippen MR) is 41.7 cm³/mol. The van der Waals surface area contributed by atoms with Crippen molar-refractivity contribution in [1.82, 2.24) is 0 Å². The maximum atomic E-state index is 5.95. The largest absolute Gasteiger partial charge is 0.172 e. The molecular formula is C6H12ClSi. The number of rotatable bonds is 3. The minimum Gasteiger partial charge on any atom is -0.168 e. The van der Waals surface area contributed by atoms with E-state index in [1.807, 2.05) is 6.08 Å². The van der Waals surface area contributed by atoms with Gasteiger partial charge < -0.3 is 0 Å². The van der Waals surface area contributed by atoms with Crippen molar-refractivity contribution in [1.29, 1.82) is 0 Å². The predicted octanol–water partition coefficient (Wildman–Crippen LogP) is 2.81. The Bertz CT molecular complexity index is 70.9. The molecule has 0 aliphatic rings. The average Bonchev–Trinajstić information content (AvgIpc) is 1.67. The Balaban J connectivity index is 3.30. The van der Waals surface area contributed by atoms with E-state index >= 15 is 0 Å². The van der Waals surface area contributed by atoms with Crippen LogP contribution in [0.3, 0.4) is 0 Å². The maximum Gasteiger partial charge on any atom is 0.172 e. The molecule has 0 aromatic heterocycles. The van der Waals surface area contributed by atoms with E-state index in [4.69, 9.17) is 11.1 Å². The van der Waals surface area contributed by atoms with Crippen molar-refractivity contribution in [2.45, 2.75) is 25.4 Å². The number of halogens is 1. The molecule has 0 unspecified atom stereocenters. The fourth-order valence-corrected chi connectivity index (χ4v) is 1.45. The lowest BCUT2D eigenvalue weighted by Crippen LogP contribution is -2.05. The molecule has 0 saturated carbocycles. The van der Waals surface area contributed by atoms with Gasteiger partial charge in [-0.15, -0.1) is 6.58 Å². The number of hydrogen-bond donors (Lipinski definition) is 0. The van der Waals surface area contributed by atoms with Crippen LogP contribution in [0.1, 0.15) is 13.8 Å². The molecule has 0 N–H and O–H groups in total. The van der Waals surface area contributed by atoms with Crippen molar-refractivity contribution < 1.29 is 0 Å². The van der Waals surface area contributed by atoms with Crippen molar-refractivity contribution in [3.63, 3.8) is 0 Å². The van der Waals surface area contributed by atoms with Crippen LogP contribution in [0.2, 0.25) is 11.6 Å². The molecule has 0 saturated heterocycles. The van der Waals surface area contributed by atoms with Crippen LogP contribution in [0.4, 0.5) is 0 Å². The molecule has 47 valence electrons. The Hall–Kier alpha value is 0.247. The highest BCUT2D eigenvalue weighted by atomic mass is 35.6. The van der Waals surface area contributed by atoms with Crippen LogP contribution in [-0.4, -0.2) is 8.11 Å². The lowest BCUT2D eigenvalue weighted by atomic mass is 10.6. The second-order valence-corrected chi connectivity index (χ2v) is 6.01. The van der Waals surface area contributed by atoms with Crippen LogP contribution < -0.4 is 0 Å². The van der Waals surface area contributed by atoms with Gasteiger partial charge in [0.25, 0.3) is 0 Å². The minimum absolute atomic E-state index is 0.603. The van der Waals surface area contributed by atoms with Crippen LogP contribution in [0.5, 0.6) is 0 Å². The first-order chi connectivity index (χ1) is 3.68. The summed E-state index contributed by atoms with van der Waals surface area (Å²) in [6.07, 6.45) is 1.90. The van der Waals surface area contributed by atoms with E-state index in [-0.39, 0.29) is 0 Å². The van der Waals surface area contributed by atoms with Gasteiger partial charge in [0.1, 0.15) is 0 Å². The molecule has 0 aromatic carbocycles. The fourth-order valence-electron chi connectivity index (χ4n) is 0.374. The van der Waals surface area contributed by atoms with Crippen LogP contribution in [0, 0.1) is 0 Å². The lowest BCUT2D eigenvalue weighted by molar-refractivity contribution is 1.05. The maximum absolute atomic E-state index is 5.95. The minimum atomic E-state index is -0.603. The molecule has 0 fully saturated rings. The normalized spacial score (nSPS) is 10.6. The molecule has 0 aliphatic carbocycles. The Labute approximate surface area is 57.9 Å². The van der Waals surface area contributed by atoms with Crippen LogP contribution in [0.25, 0.3) is 0 Å². The summed E-state index contributed by atoms with van der Waals surface area (Å²) in [4.78, 5) is 0. The molecule has 0 spiro atoms. The molecule has 0 nitrogen and oxygen atoms in total. The van der Waals surface area contributed by atoms with E-state index in [0.29, 0.717) is 5.54 Å². The second-order valence-electron chi connectivity index (χ2n) is 2.09. The third-order valence-electron chi connectivity index (χ3n) is 0.966. The monoisotopic (exact) mass is 147 g/mol. The summed E-state index contributed by atoms with van der Waals surface area (Å²) in [6, 6.07) is 1.02. The van der Waals surface area contributed by atoms with Crippen LogP contribution in [0.15, 0.2) is 12.7 Å².